The highest BCUT2D eigenvalue weighted by Crippen LogP contribution is 2.23. The molecule has 11 heteroatoms. The number of ether oxygens (including phenoxy) is 3. The maximum absolute atomic E-state index is 13.0. The average molecular weight is 1150 g/mol. The van der Waals surface area contributed by atoms with Gasteiger partial charge in [0.15, 0.2) is 6.29 Å². The van der Waals surface area contributed by atoms with E-state index in [1.165, 1.54) is 250 Å². The molecule has 7 atom stereocenters. The monoisotopic (exact) mass is 1150 g/mol. The van der Waals surface area contributed by atoms with Gasteiger partial charge in [0.1, 0.15) is 24.4 Å². The van der Waals surface area contributed by atoms with Crippen LogP contribution < -0.4 is 5.32 Å². The molecule has 11 nitrogen and oxygen atoms in total. The third kappa shape index (κ3) is 48.8. The molecular weight excluding hydrogens is 1010 g/mol. The Labute approximate surface area is 498 Å². The van der Waals surface area contributed by atoms with Crippen LogP contribution in [0, 0.1) is 0 Å². The second kappa shape index (κ2) is 59.6. The lowest BCUT2D eigenvalue weighted by Gasteiger charge is -2.40. The van der Waals surface area contributed by atoms with Crippen molar-refractivity contribution in [1.82, 2.24) is 5.32 Å². The van der Waals surface area contributed by atoms with Crippen LogP contribution in [0.2, 0.25) is 0 Å². The van der Waals surface area contributed by atoms with Gasteiger partial charge >= 0.3 is 5.97 Å². The number of hydrogen-bond acceptors (Lipinski definition) is 10. The van der Waals surface area contributed by atoms with Crippen LogP contribution in [-0.2, 0) is 23.8 Å². The fourth-order valence-electron chi connectivity index (χ4n) is 11.1. The van der Waals surface area contributed by atoms with Crippen LogP contribution in [0.4, 0.5) is 0 Å². The molecule has 0 bridgehead atoms. The second-order valence-corrected chi connectivity index (χ2v) is 24.2. The molecule has 0 spiro atoms. The first kappa shape index (κ1) is 76.9. The Hall–Kier alpha value is -2.12. The molecule has 0 saturated carbocycles. The largest absolute Gasteiger partial charge is 0.466 e. The lowest BCUT2D eigenvalue weighted by atomic mass is 9.99. The minimum atomic E-state index is -1.58. The summed E-state index contributed by atoms with van der Waals surface area (Å²) in [7, 11) is 0. The molecule has 0 radical (unpaired) electrons. The van der Waals surface area contributed by atoms with E-state index in [0.717, 1.165) is 57.8 Å². The van der Waals surface area contributed by atoms with E-state index >= 15 is 0 Å². The molecule has 1 aliphatic heterocycles. The summed E-state index contributed by atoms with van der Waals surface area (Å²) >= 11 is 0. The molecule has 1 rings (SSSR count). The van der Waals surface area contributed by atoms with Crippen LogP contribution in [0.1, 0.15) is 335 Å². The molecule has 0 aromatic heterocycles. The maximum Gasteiger partial charge on any atom is 0.305 e. The molecule has 81 heavy (non-hydrogen) atoms. The fraction of sp³-hybridized carbons (Fsp3) is 0.886. The highest BCUT2D eigenvalue weighted by atomic mass is 16.7. The summed E-state index contributed by atoms with van der Waals surface area (Å²) in [6, 6.07) is -0.829. The smallest absolute Gasteiger partial charge is 0.305 e. The first-order chi connectivity index (χ1) is 39.7. The zero-order valence-electron chi connectivity index (χ0n) is 52.8. The van der Waals surface area contributed by atoms with Crippen LogP contribution in [0.15, 0.2) is 36.5 Å². The van der Waals surface area contributed by atoms with Crippen molar-refractivity contribution in [1.29, 1.82) is 0 Å². The summed E-state index contributed by atoms with van der Waals surface area (Å²) < 4.78 is 16.7. The topological polar surface area (TPSA) is 175 Å². The number of esters is 1. The highest BCUT2D eigenvalue weighted by molar-refractivity contribution is 5.76. The predicted molar refractivity (Wildman–Crippen MR) is 338 cm³/mol. The quantitative estimate of drug-likeness (QED) is 0.0195. The summed E-state index contributed by atoms with van der Waals surface area (Å²) in [6.07, 6.45) is 66.2. The number of carbonyl (C=O) groups is 2. The lowest BCUT2D eigenvalue weighted by molar-refractivity contribution is -0.302. The van der Waals surface area contributed by atoms with Crippen molar-refractivity contribution in [2.45, 2.75) is 378 Å². The number of nitrogens with one attached hydrogen (secondary N) is 1. The van der Waals surface area contributed by atoms with Gasteiger partial charge in [0.05, 0.1) is 32.0 Å². The van der Waals surface area contributed by atoms with Crippen LogP contribution in [0.25, 0.3) is 0 Å². The van der Waals surface area contributed by atoms with Crippen molar-refractivity contribution in [2.75, 3.05) is 19.8 Å². The molecule has 1 heterocycles. The van der Waals surface area contributed by atoms with E-state index in [9.17, 15) is 35.1 Å². The molecule has 0 aliphatic carbocycles. The molecule has 0 aromatic carbocycles. The Balaban J connectivity index is 1.89. The number of carbonyl (C=O) groups excluding carboxylic acids is 2. The van der Waals surface area contributed by atoms with Gasteiger partial charge in [-0.25, -0.2) is 0 Å². The van der Waals surface area contributed by atoms with E-state index in [1.807, 2.05) is 19.1 Å². The fourth-order valence-corrected chi connectivity index (χ4v) is 11.1. The maximum atomic E-state index is 13.0. The van der Waals surface area contributed by atoms with Crippen LogP contribution in [-0.4, -0.2) is 100 Å². The van der Waals surface area contributed by atoms with Gasteiger partial charge in [-0.15, -0.1) is 0 Å². The van der Waals surface area contributed by atoms with Crippen molar-refractivity contribution < 1.29 is 49.3 Å². The van der Waals surface area contributed by atoms with Gasteiger partial charge < -0.3 is 45.1 Å². The first-order valence-electron chi connectivity index (χ1n) is 34.7. The number of aliphatic hydroxyl groups is 5. The summed E-state index contributed by atoms with van der Waals surface area (Å²) in [5.74, 6) is -0.180. The van der Waals surface area contributed by atoms with E-state index in [1.54, 1.807) is 6.08 Å². The van der Waals surface area contributed by atoms with Gasteiger partial charge in [0.2, 0.25) is 5.91 Å². The van der Waals surface area contributed by atoms with Gasteiger partial charge in [-0.2, -0.15) is 0 Å². The van der Waals surface area contributed by atoms with E-state index < -0.39 is 49.5 Å². The minimum absolute atomic E-state index is 0.0139. The molecule has 6 N–H and O–H groups in total. The Bertz CT molecular complexity index is 1440. The summed E-state index contributed by atoms with van der Waals surface area (Å²) in [6.45, 7) is 4.12. The molecule has 0 aromatic rings. The highest BCUT2D eigenvalue weighted by Gasteiger charge is 2.44. The number of unbranched alkanes of at least 4 members (excludes halogenated alkanes) is 44. The standard InChI is InChI=1S/C70H131NO10/c1-3-5-7-9-11-13-37-42-46-50-54-58-66(75)79-59-55-51-47-43-39-36-34-32-30-28-26-24-22-20-18-16-14-15-17-19-21-23-25-27-29-31-33-35-38-41-45-49-53-57-65(74)71-62(63(73)56-52-48-44-40-12-10-8-6-4-2)61-80-70-69(78)68(77)67(76)64(60-72)81-70/h4,6,12,40,52,56,62-64,67-70,72-73,76-78H,3,5,7-11,13-39,41-51,53-55,57-61H2,1-2H3,(H,71,74)/b6-4+,40-12+,56-52+. The number of amides is 1. The number of hydrogen-bond donors (Lipinski definition) is 6. The molecule has 1 saturated heterocycles. The molecule has 1 fully saturated rings. The van der Waals surface area contributed by atoms with E-state index in [4.69, 9.17) is 14.2 Å². The zero-order chi connectivity index (χ0) is 58.7. The number of allylic oxidation sites excluding steroid dienone is 5. The van der Waals surface area contributed by atoms with E-state index in [2.05, 4.69) is 30.5 Å². The van der Waals surface area contributed by atoms with Crippen molar-refractivity contribution in [2.24, 2.45) is 0 Å². The van der Waals surface area contributed by atoms with Crippen molar-refractivity contribution in [3.05, 3.63) is 36.5 Å². The van der Waals surface area contributed by atoms with Gasteiger partial charge in [-0.05, 0) is 51.9 Å². The predicted octanol–water partition coefficient (Wildman–Crippen LogP) is 17.4. The van der Waals surface area contributed by atoms with Gasteiger partial charge in [-0.1, -0.05) is 307 Å². The van der Waals surface area contributed by atoms with Crippen LogP contribution >= 0.6 is 0 Å². The summed E-state index contributed by atoms with van der Waals surface area (Å²) in [5.41, 5.74) is 0. The SMILES string of the molecule is C/C=C/CC/C=C/CC/C=C/C(O)C(COC1OC(CO)C(O)C(O)C1O)NC(=O)CCCCCCCCCCCCCCCCCCCCCCCCCCCCCCCCCCCOC(=O)CCCCCCCCCCCCC. The summed E-state index contributed by atoms with van der Waals surface area (Å²) in [4.78, 5) is 25.0. The van der Waals surface area contributed by atoms with Gasteiger partial charge in [0.25, 0.3) is 0 Å². The van der Waals surface area contributed by atoms with Crippen LogP contribution in [0.5, 0.6) is 0 Å². The second-order valence-electron chi connectivity index (χ2n) is 24.2. The third-order valence-corrected chi connectivity index (χ3v) is 16.6. The van der Waals surface area contributed by atoms with E-state index in [0.29, 0.717) is 19.4 Å². The normalized spacial score (nSPS) is 18.4. The van der Waals surface area contributed by atoms with E-state index in [-0.39, 0.29) is 18.5 Å². The molecule has 1 aliphatic rings. The average Bonchev–Trinajstić information content (AvgIpc) is 3.46. The Kier molecular flexibility index (Phi) is 56.6. The van der Waals surface area contributed by atoms with Crippen molar-refractivity contribution in [3.8, 4) is 0 Å². The zero-order valence-corrected chi connectivity index (χ0v) is 52.8. The molecular formula is C70H131NO10. The first-order valence-corrected chi connectivity index (χ1v) is 34.7. The van der Waals surface area contributed by atoms with Gasteiger partial charge in [0, 0.05) is 12.8 Å². The lowest BCUT2D eigenvalue weighted by Crippen LogP contribution is -2.60. The Morgan fingerprint density at radius 1 is 0.469 bits per heavy atom. The Morgan fingerprint density at radius 3 is 1.22 bits per heavy atom. The molecule has 1 amide bonds. The molecule has 7 unspecified atom stereocenters. The number of rotatable bonds is 61. The van der Waals surface area contributed by atoms with Crippen molar-refractivity contribution >= 4 is 11.9 Å². The van der Waals surface area contributed by atoms with Crippen LogP contribution in [0.3, 0.4) is 0 Å². The van der Waals surface area contributed by atoms with Gasteiger partial charge in [-0.3, -0.25) is 9.59 Å². The summed E-state index contributed by atoms with van der Waals surface area (Å²) in [5, 5.41) is 54.2. The molecule has 476 valence electrons. The Morgan fingerprint density at radius 2 is 0.827 bits per heavy atom. The minimum Gasteiger partial charge on any atom is -0.466 e. The van der Waals surface area contributed by atoms with Crippen molar-refractivity contribution in [3.63, 3.8) is 0 Å². The number of aliphatic hydroxyl groups excluding tert-OH is 5. The third-order valence-electron chi connectivity index (χ3n) is 16.6.